The summed E-state index contributed by atoms with van der Waals surface area (Å²) in [6.07, 6.45) is 2.86. The first-order chi connectivity index (χ1) is 11.5. The van der Waals surface area contributed by atoms with Crippen molar-refractivity contribution >= 4 is 17.4 Å². The Hall–Kier alpha value is -2.77. The van der Waals surface area contributed by atoms with Crippen LogP contribution in [0.25, 0.3) is 0 Å². The fourth-order valence-electron chi connectivity index (χ4n) is 3.14. The van der Waals surface area contributed by atoms with Crippen LogP contribution in [0.3, 0.4) is 0 Å². The van der Waals surface area contributed by atoms with Crippen molar-refractivity contribution in [2.45, 2.75) is 12.8 Å². The molecule has 0 spiro atoms. The van der Waals surface area contributed by atoms with E-state index in [9.17, 15) is 19.3 Å². The van der Waals surface area contributed by atoms with Gasteiger partial charge in [0.05, 0.1) is 0 Å². The average molecular weight is 332 g/mol. The minimum Gasteiger partial charge on any atom is -0.358 e. The lowest BCUT2D eigenvalue weighted by molar-refractivity contribution is -0.388. The third-order valence-corrected chi connectivity index (χ3v) is 4.28. The number of carbonyl (C=O) groups is 1. The van der Waals surface area contributed by atoms with E-state index in [1.54, 1.807) is 11.6 Å². The summed E-state index contributed by atoms with van der Waals surface area (Å²) >= 11 is 0. The van der Waals surface area contributed by atoms with Crippen molar-refractivity contribution in [3.63, 3.8) is 0 Å². The van der Waals surface area contributed by atoms with Gasteiger partial charge in [-0.05, 0) is 47.0 Å². The molecule has 1 atom stereocenters. The molecule has 0 amide bonds. The lowest BCUT2D eigenvalue weighted by Crippen LogP contribution is -2.39. The van der Waals surface area contributed by atoms with Gasteiger partial charge in [0, 0.05) is 31.6 Å². The normalized spacial score (nSPS) is 17.8. The number of ketones is 1. The van der Waals surface area contributed by atoms with Crippen LogP contribution in [0.5, 0.6) is 0 Å². The van der Waals surface area contributed by atoms with Gasteiger partial charge in [0.15, 0.2) is 5.78 Å². The number of benzene rings is 1. The molecule has 0 N–H and O–H groups in total. The fraction of sp³-hybridized carbons (Fsp3) is 0.375. The maximum absolute atomic E-state index is 13.0. The Morgan fingerprint density at radius 3 is 2.75 bits per heavy atom. The second-order valence-corrected chi connectivity index (χ2v) is 5.92. The number of hydrogen-bond acceptors (Lipinski definition) is 5. The topological polar surface area (TPSA) is 81.3 Å². The molecule has 1 saturated heterocycles. The maximum Gasteiger partial charge on any atom is 0.406 e. The van der Waals surface area contributed by atoms with E-state index < -0.39 is 4.92 Å². The number of rotatable bonds is 4. The van der Waals surface area contributed by atoms with Crippen molar-refractivity contribution in [1.29, 1.82) is 0 Å². The first kappa shape index (κ1) is 16.1. The Morgan fingerprint density at radius 2 is 2.08 bits per heavy atom. The molecule has 1 unspecified atom stereocenters. The third kappa shape index (κ3) is 2.99. The van der Waals surface area contributed by atoms with Crippen molar-refractivity contribution in [1.82, 2.24) is 9.55 Å². The van der Waals surface area contributed by atoms with E-state index in [-0.39, 0.29) is 23.3 Å². The van der Waals surface area contributed by atoms with Crippen LogP contribution in [0, 0.1) is 21.8 Å². The minimum absolute atomic E-state index is 0.0653. The molecule has 126 valence electrons. The summed E-state index contributed by atoms with van der Waals surface area (Å²) in [5.41, 5.74) is 0.461. The number of nitro groups is 1. The molecule has 24 heavy (non-hydrogen) atoms. The van der Waals surface area contributed by atoms with Gasteiger partial charge in [-0.1, -0.05) is 0 Å². The Labute approximate surface area is 137 Å². The molecular formula is C16H17FN4O3. The lowest BCUT2D eigenvalue weighted by atomic mass is 9.90. The van der Waals surface area contributed by atoms with Gasteiger partial charge >= 0.3 is 5.82 Å². The van der Waals surface area contributed by atoms with Crippen molar-refractivity contribution in [3.8, 4) is 0 Å². The molecule has 2 aromatic rings. The van der Waals surface area contributed by atoms with Crippen LogP contribution < -0.4 is 4.90 Å². The number of carbonyl (C=O) groups excluding carboxylic acids is 1. The summed E-state index contributed by atoms with van der Waals surface area (Å²) in [7, 11) is 1.70. The summed E-state index contributed by atoms with van der Waals surface area (Å²) in [6.45, 7) is 1.02. The van der Waals surface area contributed by atoms with Crippen LogP contribution in [0.1, 0.15) is 23.2 Å². The van der Waals surface area contributed by atoms with E-state index in [1.807, 2.05) is 4.90 Å². The zero-order valence-corrected chi connectivity index (χ0v) is 13.2. The molecule has 1 aromatic carbocycles. The number of aromatic nitrogens is 2. The number of halogens is 1. The summed E-state index contributed by atoms with van der Waals surface area (Å²) < 4.78 is 14.6. The van der Waals surface area contributed by atoms with Gasteiger partial charge in [-0.2, -0.15) is 0 Å². The van der Waals surface area contributed by atoms with Gasteiger partial charge < -0.3 is 15.0 Å². The Balaban J connectivity index is 1.82. The first-order valence-electron chi connectivity index (χ1n) is 7.68. The van der Waals surface area contributed by atoms with Gasteiger partial charge in [0.25, 0.3) is 0 Å². The standard InChI is InChI=1S/C16H17FN4O3/c1-19-10-18-15(21(23)24)16(19)20-8-2-3-12(9-20)14(22)11-4-6-13(17)7-5-11/h4-7,10,12H,2-3,8-9H2,1H3. The van der Waals surface area contributed by atoms with E-state index in [0.717, 1.165) is 6.42 Å². The third-order valence-electron chi connectivity index (χ3n) is 4.28. The second kappa shape index (κ2) is 6.38. The molecular weight excluding hydrogens is 315 g/mol. The molecule has 7 nitrogen and oxygen atoms in total. The van der Waals surface area contributed by atoms with Gasteiger partial charge in [0.1, 0.15) is 5.82 Å². The number of aryl methyl sites for hydroxylation is 1. The lowest BCUT2D eigenvalue weighted by Gasteiger charge is -2.32. The van der Waals surface area contributed by atoms with Crippen LogP contribution >= 0.6 is 0 Å². The van der Waals surface area contributed by atoms with Crippen molar-refractivity contribution in [2.24, 2.45) is 13.0 Å². The van der Waals surface area contributed by atoms with Crippen molar-refractivity contribution in [3.05, 3.63) is 52.1 Å². The molecule has 0 radical (unpaired) electrons. The second-order valence-electron chi connectivity index (χ2n) is 5.92. The van der Waals surface area contributed by atoms with E-state index in [2.05, 4.69) is 4.98 Å². The van der Waals surface area contributed by atoms with Crippen molar-refractivity contribution in [2.75, 3.05) is 18.0 Å². The summed E-state index contributed by atoms with van der Waals surface area (Å²) in [5.74, 6) is -0.519. The number of piperidine rings is 1. The summed E-state index contributed by atoms with van der Waals surface area (Å²) in [5, 5.41) is 11.1. The van der Waals surface area contributed by atoms with Crippen LogP contribution in [-0.4, -0.2) is 33.3 Å². The van der Waals surface area contributed by atoms with Crippen LogP contribution in [-0.2, 0) is 7.05 Å². The van der Waals surface area contributed by atoms with Crippen LogP contribution in [0.2, 0.25) is 0 Å². The number of nitrogens with zero attached hydrogens (tertiary/aromatic N) is 4. The highest BCUT2D eigenvalue weighted by Gasteiger charge is 2.32. The number of Topliss-reactive ketones (excluding diaryl/α,β-unsaturated/α-hetero) is 1. The van der Waals surface area contributed by atoms with E-state index in [4.69, 9.17) is 0 Å². The summed E-state index contributed by atoms with van der Waals surface area (Å²) in [6, 6.07) is 5.48. The molecule has 1 fully saturated rings. The monoisotopic (exact) mass is 332 g/mol. The predicted octanol–water partition coefficient (Wildman–Crippen LogP) is 2.57. The van der Waals surface area contributed by atoms with E-state index in [1.165, 1.54) is 30.6 Å². The number of hydrogen-bond donors (Lipinski definition) is 0. The van der Waals surface area contributed by atoms with Crippen molar-refractivity contribution < 1.29 is 14.1 Å². The smallest absolute Gasteiger partial charge is 0.358 e. The Morgan fingerprint density at radius 1 is 1.38 bits per heavy atom. The van der Waals surface area contributed by atoms with Gasteiger partial charge in [-0.15, -0.1) is 0 Å². The molecule has 0 aliphatic carbocycles. The van der Waals surface area contributed by atoms with Gasteiger partial charge in [-0.3, -0.25) is 9.36 Å². The molecule has 1 aliphatic rings. The van der Waals surface area contributed by atoms with Crippen LogP contribution in [0.4, 0.5) is 16.0 Å². The summed E-state index contributed by atoms with van der Waals surface area (Å²) in [4.78, 5) is 28.9. The largest absolute Gasteiger partial charge is 0.406 e. The molecule has 8 heteroatoms. The van der Waals surface area contributed by atoms with Crippen LogP contribution in [0.15, 0.2) is 30.6 Å². The highest BCUT2D eigenvalue weighted by atomic mass is 19.1. The molecule has 2 heterocycles. The minimum atomic E-state index is -0.513. The molecule has 0 saturated carbocycles. The molecule has 1 aromatic heterocycles. The van der Waals surface area contributed by atoms with E-state index >= 15 is 0 Å². The highest BCUT2D eigenvalue weighted by molar-refractivity contribution is 5.98. The van der Waals surface area contributed by atoms with Gasteiger partial charge in [-0.25, -0.2) is 4.39 Å². The number of anilines is 1. The molecule has 1 aliphatic heterocycles. The zero-order chi connectivity index (χ0) is 17.3. The molecule has 3 rings (SSSR count). The quantitative estimate of drug-likeness (QED) is 0.488. The maximum atomic E-state index is 13.0. The zero-order valence-electron chi connectivity index (χ0n) is 13.2. The SMILES string of the molecule is Cn1cnc([N+](=O)[O-])c1N1CCCC(C(=O)c2ccc(F)cc2)C1. The Kier molecular flexibility index (Phi) is 4.28. The fourth-order valence-corrected chi connectivity index (χ4v) is 3.14. The van der Waals surface area contributed by atoms with Gasteiger partial charge in [0.2, 0.25) is 12.1 Å². The Bertz CT molecular complexity index is 772. The molecule has 0 bridgehead atoms. The number of imidazole rings is 1. The average Bonchev–Trinajstić information content (AvgIpc) is 2.97. The predicted molar refractivity (Wildman–Crippen MR) is 85.5 cm³/mol. The first-order valence-corrected chi connectivity index (χ1v) is 7.68. The van der Waals surface area contributed by atoms with E-state index in [0.29, 0.717) is 30.9 Å². The highest BCUT2D eigenvalue weighted by Crippen LogP contribution is 2.31.